The third-order valence-corrected chi connectivity index (χ3v) is 5.66. The van der Waals surface area contributed by atoms with Gasteiger partial charge in [0.2, 0.25) is 11.8 Å². The molecule has 166 valence electrons. The molecule has 2 aromatic rings. The lowest BCUT2D eigenvalue weighted by molar-refractivity contribution is -0.131. The number of rotatable bonds is 8. The molecule has 0 aliphatic carbocycles. The average molecular weight is 425 g/mol. The van der Waals surface area contributed by atoms with Crippen molar-refractivity contribution < 1.29 is 19.1 Å². The number of aryl methyl sites for hydroxylation is 2. The van der Waals surface area contributed by atoms with Crippen molar-refractivity contribution in [2.75, 3.05) is 26.8 Å². The van der Waals surface area contributed by atoms with Gasteiger partial charge in [0.1, 0.15) is 11.5 Å². The smallest absolute Gasteiger partial charge is 0.227 e. The first-order valence-corrected chi connectivity index (χ1v) is 10.9. The molecule has 0 aromatic heterocycles. The summed E-state index contributed by atoms with van der Waals surface area (Å²) in [7, 11) is 1.62. The number of hydrogen-bond donors (Lipinski definition) is 1. The summed E-state index contributed by atoms with van der Waals surface area (Å²) in [4.78, 5) is 26.8. The van der Waals surface area contributed by atoms with Crippen LogP contribution in [-0.4, -0.2) is 49.6 Å². The maximum Gasteiger partial charge on any atom is 0.227 e. The van der Waals surface area contributed by atoms with Crippen molar-refractivity contribution >= 4 is 11.8 Å². The van der Waals surface area contributed by atoms with Crippen molar-refractivity contribution in [3.05, 3.63) is 59.2 Å². The third kappa shape index (κ3) is 6.48. The van der Waals surface area contributed by atoms with Crippen molar-refractivity contribution in [1.82, 2.24) is 10.2 Å². The first kappa shape index (κ1) is 22.7. The van der Waals surface area contributed by atoms with Crippen LogP contribution in [0.5, 0.6) is 11.5 Å². The van der Waals surface area contributed by atoms with Crippen LogP contribution in [0.1, 0.15) is 36.0 Å². The fourth-order valence-electron chi connectivity index (χ4n) is 3.91. The molecule has 0 atom stereocenters. The van der Waals surface area contributed by atoms with E-state index in [-0.39, 0.29) is 17.9 Å². The highest BCUT2D eigenvalue weighted by molar-refractivity contribution is 5.80. The molecule has 1 aliphatic rings. The van der Waals surface area contributed by atoms with E-state index in [1.54, 1.807) is 7.11 Å². The molecule has 1 saturated heterocycles. The van der Waals surface area contributed by atoms with E-state index in [4.69, 9.17) is 9.47 Å². The SMILES string of the molecule is COc1ccccc1CC(=O)N1CCC(NC(=O)CCOc2ccc(C)cc2C)CC1. The molecule has 6 heteroatoms. The first-order chi connectivity index (χ1) is 15.0. The lowest BCUT2D eigenvalue weighted by Gasteiger charge is -2.32. The number of para-hydroxylation sites is 1. The standard InChI is InChI=1S/C25H32N2O4/c1-18-8-9-22(19(2)16-18)31-15-12-24(28)26-21-10-13-27(14-11-21)25(29)17-20-6-4-5-7-23(20)30-3/h4-9,16,21H,10-15,17H2,1-3H3,(H,26,28). The number of carbonyl (C=O) groups excluding carboxylic acids is 2. The van der Waals surface area contributed by atoms with Gasteiger partial charge in [0.25, 0.3) is 0 Å². The molecule has 0 radical (unpaired) electrons. The Morgan fingerprint density at radius 2 is 1.81 bits per heavy atom. The van der Waals surface area contributed by atoms with Crippen molar-refractivity contribution in [2.45, 2.75) is 45.6 Å². The van der Waals surface area contributed by atoms with Gasteiger partial charge in [-0.15, -0.1) is 0 Å². The Morgan fingerprint density at radius 1 is 1.06 bits per heavy atom. The van der Waals surface area contributed by atoms with Gasteiger partial charge in [-0.05, 0) is 44.4 Å². The van der Waals surface area contributed by atoms with Crippen LogP contribution in [0.25, 0.3) is 0 Å². The maximum absolute atomic E-state index is 12.7. The Balaban J connectivity index is 1.38. The van der Waals surface area contributed by atoms with Crippen molar-refractivity contribution in [3.63, 3.8) is 0 Å². The van der Waals surface area contributed by atoms with E-state index in [0.717, 1.165) is 35.5 Å². The minimum atomic E-state index is -0.0106. The molecule has 0 spiro atoms. The van der Waals surface area contributed by atoms with E-state index in [9.17, 15) is 9.59 Å². The van der Waals surface area contributed by atoms with Crippen LogP contribution in [0.2, 0.25) is 0 Å². The second-order valence-electron chi connectivity index (χ2n) is 8.08. The lowest BCUT2D eigenvalue weighted by atomic mass is 10.0. The summed E-state index contributed by atoms with van der Waals surface area (Å²) in [5.74, 6) is 1.64. The Kier molecular flexibility index (Phi) is 7.93. The number of likely N-dealkylation sites (tertiary alicyclic amines) is 1. The molecule has 0 saturated carbocycles. The molecular weight excluding hydrogens is 392 g/mol. The number of methoxy groups -OCH3 is 1. The van der Waals surface area contributed by atoms with Crippen LogP contribution in [0.3, 0.4) is 0 Å². The maximum atomic E-state index is 12.7. The van der Waals surface area contributed by atoms with Gasteiger partial charge in [0.05, 0.1) is 26.6 Å². The lowest BCUT2D eigenvalue weighted by Crippen LogP contribution is -2.47. The van der Waals surface area contributed by atoms with Gasteiger partial charge in [-0.2, -0.15) is 0 Å². The van der Waals surface area contributed by atoms with Crippen LogP contribution in [0.15, 0.2) is 42.5 Å². The van der Waals surface area contributed by atoms with E-state index in [1.807, 2.05) is 55.1 Å². The van der Waals surface area contributed by atoms with Gasteiger partial charge in [-0.3, -0.25) is 9.59 Å². The number of nitrogens with zero attached hydrogens (tertiary/aromatic N) is 1. The molecule has 0 unspecified atom stereocenters. The minimum absolute atomic E-state index is 0.0106. The summed E-state index contributed by atoms with van der Waals surface area (Å²) in [6, 6.07) is 13.7. The molecule has 0 bridgehead atoms. The molecular formula is C25H32N2O4. The summed E-state index contributed by atoms with van der Waals surface area (Å²) in [5.41, 5.74) is 3.16. The molecule has 6 nitrogen and oxygen atoms in total. The van der Waals surface area contributed by atoms with Crippen molar-refractivity contribution in [3.8, 4) is 11.5 Å². The average Bonchev–Trinajstić information content (AvgIpc) is 2.76. The zero-order chi connectivity index (χ0) is 22.2. The summed E-state index contributed by atoms with van der Waals surface area (Å²) in [6.07, 6.45) is 2.18. The highest BCUT2D eigenvalue weighted by Crippen LogP contribution is 2.20. The first-order valence-electron chi connectivity index (χ1n) is 10.9. The predicted octanol–water partition coefficient (Wildman–Crippen LogP) is 3.43. The molecule has 2 aromatic carbocycles. The Labute approximate surface area is 184 Å². The Bertz CT molecular complexity index is 904. The van der Waals surface area contributed by atoms with Gasteiger partial charge in [-0.1, -0.05) is 35.9 Å². The number of ether oxygens (including phenoxy) is 2. The zero-order valence-corrected chi connectivity index (χ0v) is 18.6. The summed E-state index contributed by atoms with van der Waals surface area (Å²) in [6.45, 7) is 5.70. The summed E-state index contributed by atoms with van der Waals surface area (Å²) < 4.78 is 11.1. The normalized spacial score (nSPS) is 14.2. The van der Waals surface area contributed by atoms with Gasteiger partial charge >= 0.3 is 0 Å². The van der Waals surface area contributed by atoms with E-state index in [0.29, 0.717) is 32.5 Å². The molecule has 3 rings (SSSR count). The van der Waals surface area contributed by atoms with Crippen LogP contribution in [0, 0.1) is 13.8 Å². The minimum Gasteiger partial charge on any atom is -0.496 e. The van der Waals surface area contributed by atoms with Gasteiger partial charge in [0.15, 0.2) is 0 Å². The monoisotopic (exact) mass is 424 g/mol. The van der Waals surface area contributed by atoms with E-state index >= 15 is 0 Å². The summed E-state index contributed by atoms with van der Waals surface area (Å²) in [5, 5.41) is 3.08. The number of amides is 2. The largest absolute Gasteiger partial charge is 0.496 e. The van der Waals surface area contributed by atoms with Gasteiger partial charge < -0.3 is 19.7 Å². The summed E-state index contributed by atoms with van der Waals surface area (Å²) >= 11 is 0. The molecule has 31 heavy (non-hydrogen) atoms. The number of carbonyl (C=O) groups is 2. The predicted molar refractivity (Wildman–Crippen MR) is 120 cm³/mol. The van der Waals surface area contributed by atoms with Crippen molar-refractivity contribution in [2.24, 2.45) is 0 Å². The Hall–Kier alpha value is -3.02. The topological polar surface area (TPSA) is 67.9 Å². The third-order valence-electron chi connectivity index (χ3n) is 5.66. The van der Waals surface area contributed by atoms with Crippen LogP contribution in [0.4, 0.5) is 0 Å². The number of benzene rings is 2. The highest BCUT2D eigenvalue weighted by Gasteiger charge is 2.24. The highest BCUT2D eigenvalue weighted by atomic mass is 16.5. The van der Waals surface area contributed by atoms with Crippen LogP contribution in [-0.2, 0) is 16.0 Å². The molecule has 1 N–H and O–H groups in total. The quantitative estimate of drug-likeness (QED) is 0.705. The number of piperidine rings is 1. The van der Waals surface area contributed by atoms with E-state index < -0.39 is 0 Å². The van der Waals surface area contributed by atoms with E-state index in [2.05, 4.69) is 11.4 Å². The molecule has 1 aliphatic heterocycles. The second-order valence-corrected chi connectivity index (χ2v) is 8.08. The molecule has 1 heterocycles. The van der Waals surface area contributed by atoms with Gasteiger partial charge in [-0.25, -0.2) is 0 Å². The Morgan fingerprint density at radius 3 is 2.52 bits per heavy atom. The van der Waals surface area contributed by atoms with E-state index in [1.165, 1.54) is 5.56 Å². The number of nitrogens with one attached hydrogen (secondary N) is 1. The zero-order valence-electron chi connectivity index (χ0n) is 18.6. The van der Waals surface area contributed by atoms with Crippen molar-refractivity contribution in [1.29, 1.82) is 0 Å². The fourth-order valence-corrected chi connectivity index (χ4v) is 3.91. The van der Waals surface area contributed by atoms with Crippen LogP contribution >= 0.6 is 0 Å². The van der Waals surface area contributed by atoms with Gasteiger partial charge in [0, 0.05) is 24.7 Å². The van der Waals surface area contributed by atoms with Crippen LogP contribution < -0.4 is 14.8 Å². The molecule has 2 amide bonds. The second kappa shape index (κ2) is 10.8. The molecule has 1 fully saturated rings. The fraction of sp³-hybridized carbons (Fsp3) is 0.440. The number of hydrogen-bond acceptors (Lipinski definition) is 4.